The van der Waals surface area contributed by atoms with Gasteiger partial charge >= 0.3 is 0 Å². The Morgan fingerprint density at radius 2 is 2.00 bits per heavy atom. The summed E-state index contributed by atoms with van der Waals surface area (Å²) < 4.78 is 0. The van der Waals surface area contributed by atoms with Crippen LogP contribution in [0.3, 0.4) is 0 Å². The molecule has 0 aromatic heterocycles. The smallest absolute Gasteiger partial charge is 0.246 e. The van der Waals surface area contributed by atoms with Crippen LogP contribution in [0.2, 0.25) is 0 Å². The van der Waals surface area contributed by atoms with E-state index in [0.717, 1.165) is 5.69 Å². The summed E-state index contributed by atoms with van der Waals surface area (Å²) in [6, 6.07) is 8.79. The van der Waals surface area contributed by atoms with Gasteiger partial charge in [-0.25, -0.2) is 0 Å². The van der Waals surface area contributed by atoms with E-state index < -0.39 is 0 Å². The molecular formula is C18H22N4O3. The quantitative estimate of drug-likeness (QED) is 0.809. The third-order valence-electron chi connectivity index (χ3n) is 4.16. The lowest BCUT2D eigenvalue weighted by atomic mass is 10.1. The number of nitrogens with one attached hydrogen (secondary N) is 1. The van der Waals surface area contributed by atoms with Gasteiger partial charge in [0.15, 0.2) is 0 Å². The van der Waals surface area contributed by atoms with Crippen molar-refractivity contribution in [1.29, 1.82) is 5.26 Å². The van der Waals surface area contributed by atoms with Crippen LogP contribution in [-0.4, -0.2) is 48.3 Å². The normalized spacial score (nSPS) is 17.2. The molecule has 1 heterocycles. The van der Waals surface area contributed by atoms with Gasteiger partial charge in [-0.3, -0.25) is 14.4 Å². The highest BCUT2D eigenvalue weighted by Crippen LogP contribution is 2.21. The molecule has 0 spiro atoms. The topological polar surface area (TPSA) is 93.5 Å². The summed E-state index contributed by atoms with van der Waals surface area (Å²) >= 11 is 0. The van der Waals surface area contributed by atoms with E-state index in [0.29, 0.717) is 31.5 Å². The van der Waals surface area contributed by atoms with Crippen LogP contribution in [0.5, 0.6) is 0 Å². The third-order valence-corrected chi connectivity index (χ3v) is 4.16. The number of amides is 3. The maximum absolute atomic E-state index is 12.4. The van der Waals surface area contributed by atoms with Crippen molar-refractivity contribution in [2.24, 2.45) is 0 Å². The zero-order chi connectivity index (χ0) is 18.4. The molecule has 7 heteroatoms. The number of nitriles is 1. The maximum Gasteiger partial charge on any atom is 0.246 e. The molecule has 2 rings (SSSR count). The first-order valence-corrected chi connectivity index (χ1v) is 8.27. The Morgan fingerprint density at radius 1 is 1.32 bits per heavy atom. The van der Waals surface area contributed by atoms with Crippen LogP contribution in [0.15, 0.2) is 24.3 Å². The summed E-state index contributed by atoms with van der Waals surface area (Å²) in [5.74, 6) is -0.337. The monoisotopic (exact) mass is 342 g/mol. The van der Waals surface area contributed by atoms with E-state index in [1.807, 2.05) is 13.0 Å². The first-order valence-electron chi connectivity index (χ1n) is 8.27. The Hall–Kier alpha value is -2.88. The first-order chi connectivity index (χ1) is 11.9. The van der Waals surface area contributed by atoms with Gasteiger partial charge in [0.05, 0.1) is 11.6 Å². The van der Waals surface area contributed by atoms with Crippen LogP contribution in [0.4, 0.5) is 5.69 Å². The van der Waals surface area contributed by atoms with Gasteiger partial charge in [0.25, 0.3) is 0 Å². The molecule has 1 saturated heterocycles. The lowest BCUT2D eigenvalue weighted by molar-refractivity contribution is -0.139. The number of anilines is 1. The van der Waals surface area contributed by atoms with E-state index in [4.69, 9.17) is 5.26 Å². The number of piperazine rings is 1. The van der Waals surface area contributed by atoms with E-state index in [9.17, 15) is 14.4 Å². The van der Waals surface area contributed by atoms with Gasteiger partial charge in [0.1, 0.15) is 6.54 Å². The largest absolute Gasteiger partial charge is 0.356 e. The molecule has 0 aliphatic carbocycles. The number of carbonyl (C=O) groups is 3. The zero-order valence-electron chi connectivity index (χ0n) is 14.5. The van der Waals surface area contributed by atoms with Gasteiger partial charge in [-0.2, -0.15) is 5.26 Å². The van der Waals surface area contributed by atoms with E-state index in [2.05, 4.69) is 5.32 Å². The predicted octanol–water partition coefficient (Wildman–Crippen LogP) is 1.04. The number of hydrogen-bond acceptors (Lipinski definition) is 4. The molecule has 1 atom stereocenters. The Bertz CT molecular complexity index is 693. The minimum absolute atomic E-state index is 0.0418. The molecule has 1 aliphatic heterocycles. The van der Waals surface area contributed by atoms with Crippen molar-refractivity contribution in [3.05, 3.63) is 29.8 Å². The van der Waals surface area contributed by atoms with Gasteiger partial charge < -0.3 is 15.1 Å². The molecule has 0 radical (unpaired) electrons. The fraction of sp³-hybridized carbons (Fsp3) is 0.444. The second-order valence-corrected chi connectivity index (χ2v) is 6.12. The molecule has 0 bridgehead atoms. The van der Waals surface area contributed by atoms with E-state index >= 15 is 0 Å². The van der Waals surface area contributed by atoms with Crippen molar-refractivity contribution in [3.63, 3.8) is 0 Å². The van der Waals surface area contributed by atoms with Gasteiger partial charge in [-0.15, -0.1) is 0 Å². The SMILES string of the molecule is CC(=O)NCCCC(=O)N1CC(=O)N(c2ccc(C#N)cc2)C[C@H]1C. The maximum atomic E-state index is 12.4. The predicted molar refractivity (Wildman–Crippen MR) is 92.6 cm³/mol. The van der Waals surface area contributed by atoms with E-state index in [1.54, 1.807) is 34.1 Å². The lowest BCUT2D eigenvalue weighted by Gasteiger charge is -2.39. The Labute approximate surface area is 147 Å². The summed E-state index contributed by atoms with van der Waals surface area (Å²) in [7, 11) is 0. The number of carbonyl (C=O) groups excluding carboxylic acids is 3. The fourth-order valence-corrected chi connectivity index (χ4v) is 2.80. The van der Waals surface area contributed by atoms with Crippen LogP contribution in [-0.2, 0) is 14.4 Å². The van der Waals surface area contributed by atoms with Crippen LogP contribution in [0.1, 0.15) is 32.3 Å². The number of nitrogens with zero attached hydrogens (tertiary/aromatic N) is 3. The second kappa shape index (κ2) is 8.29. The highest BCUT2D eigenvalue weighted by Gasteiger charge is 2.32. The molecular weight excluding hydrogens is 320 g/mol. The van der Waals surface area contributed by atoms with Crippen molar-refractivity contribution in [1.82, 2.24) is 10.2 Å². The average molecular weight is 342 g/mol. The highest BCUT2D eigenvalue weighted by atomic mass is 16.2. The standard InChI is InChI=1S/C18H22N4O3/c1-13-11-22(16-7-5-15(10-19)6-8-16)18(25)12-21(13)17(24)4-3-9-20-14(2)23/h5-8,13H,3-4,9,11-12H2,1-2H3,(H,20,23)/t13-/m1/s1. The van der Waals surface area contributed by atoms with Crippen LogP contribution >= 0.6 is 0 Å². The minimum Gasteiger partial charge on any atom is -0.356 e. The highest BCUT2D eigenvalue weighted by molar-refractivity contribution is 5.98. The molecule has 1 aromatic rings. The Balaban J connectivity index is 1.94. The molecule has 0 saturated carbocycles. The third kappa shape index (κ3) is 4.80. The van der Waals surface area contributed by atoms with Gasteiger partial charge in [0.2, 0.25) is 17.7 Å². The van der Waals surface area contributed by atoms with Gasteiger partial charge in [-0.1, -0.05) is 0 Å². The minimum atomic E-state index is -0.141. The van der Waals surface area contributed by atoms with Crippen molar-refractivity contribution in [3.8, 4) is 6.07 Å². The summed E-state index contributed by atoms with van der Waals surface area (Å²) in [4.78, 5) is 38.8. The molecule has 7 nitrogen and oxygen atoms in total. The average Bonchev–Trinajstić information content (AvgIpc) is 2.60. The number of rotatable bonds is 5. The molecule has 1 aliphatic rings. The van der Waals surface area contributed by atoms with Crippen LogP contribution in [0, 0.1) is 11.3 Å². The van der Waals surface area contributed by atoms with Crippen molar-refractivity contribution in [2.75, 3.05) is 24.5 Å². The fourth-order valence-electron chi connectivity index (χ4n) is 2.80. The zero-order valence-corrected chi connectivity index (χ0v) is 14.5. The molecule has 1 fully saturated rings. The second-order valence-electron chi connectivity index (χ2n) is 6.12. The van der Waals surface area contributed by atoms with Crippen LogP contribution in [0.25, 0.3) is 0 Å². The van der Waals surface area contributed by atoms with Gasteiger partial charge in [-0.05, 0) is 37.6 Å². The van der Waals surface area contributed by atoms with Crippen molar-refractivity contribution in [2.45, 2.75) is 32.7 Å². The molecule has 0 unspecified atom stereocenters. The van der Waals surface area contributed by atoms with Gasteiger partial charge in [0, 0.05) is 38.2 Å². The molecule has 1 N–H and O–H groups in total. The molecule has 25 heavy (non-hydrogen) atoms. The first kappa shape index (κ1) is 18.5. The molecule has 1 aromatic carbocycles. The summed E-state index contributed by atoms with van der Waals surface area (Å²) in [5, 5.41) is 11.5. The summed E-state index contributed by atoms with van der Waals surface area (Å²) in [6.07, 6.45) is 0.851. The number of hydrogen-bond donors (Lipinski definition) is 1. The van der Waals surface area contributed by atoms with Crippen molar-refractivity contribution >= 4 is 23.4 Å². The van der Waals surface area contributed by atoms with E-state index in [1.165, 1.54) is 6.92 Å². The molecule has 132 valence electrons. The van der Waals surface area contributed by atoms with Crippen molar-refractivity contribution < 1.29 is 14.4 Å². The lowest BCUT2D eigenvalue weighted by Crippen LogP contribution is -2.57. The summed E-state index contributed by atoms with van der Waals surface area (Å²) in [6.45, 7) is 4.26. The summed E-state index contributed by atoms with van der Waals surface area (Å²) in [5.41, 5.74) is 1.27. The Morgan fingerprint density at radius 3 is 2.60 bits per heavy atom. The molecule has 3 amide bonds. The Kier molecular flexibility index (Phi) is 6.12. The number of benzene rings is 1. The van der Waals surface area contributed by atoms with Crippen LogP contribution < -0.4 is 10.2 Å². The van der Waals surface area contributed by atoms with E-state index in [-0.39, 0.29) is 30.3 Å².